The molecule has 1 aliphatic rings. The second-order valence-corrected chi connectivity index (χ2v) is 9.12. The normalized spacial score (nSPS) is 14.2. The molecule has 2 aromatic carbocycles. The van der Waals surface area contributed by atoms with Crippen molar-refractivity contribution in [1.29, 1.82) is 0 Å². The summed E-state index contributed by atoms with van der Waals surface area (Å²) in [6.07, 6.45) is 0. The van der Waals surface area contributed by atoms with Crippen LogP contribution in [0.15, 0.2) is 48.5 Å². The molecule has 0 atom stereocenters. The summed E-state index contributed by atoms with van der Waals surface area (Å²) in [5, 5.41) is 0.580. The number of hydrogen-bond donors (Lipinski definition) is 0. The van der Waals surface area contributed by atoms with Gasteiger partial charge in [-0.2, -0.15) is 0 Å². The molecule has 1 aromatic heterocycles. The Bertz CT molecular complexity index is 1140. The third-order valence-corrected chi connectivity index (χ3v) is 6.14. The van der Waals surface area contributed by atoms with Gasteiger partial charge in [-0.1, -0.05) is 55.3 Å². The van der Waals surface area contributed by atoms with Crippen molar-refractivity contribution in [3.05, 3.63) is 75.9 Å². The average Bonchev–Trinajstić information content (AvgIpc) is 2.78. The number of rotatable bonds is 4. The number of carbonyl (C=O) groups is 1. The number of anilines is 1. The Hall–Kier alpha value is -2.92. The molecule has 1 fully saturated rings. The molecule has 1 aliphatic heterocycles. The summed E-state index contributed by atoms with van der Waals surface area (Å²) in [6, 6.07) is 15.4. The van der Waals surface area contributed by atoms with Crippen LogP contribution in [-0.4, -0.2) is 47.0 Å². The van der Waals surface area contributed by atoms with Gasteiger partial charge in [-0.15, -0.1) is 0 Å². The molecule has 166 valence electrons. The molecular weight excluding hydrogens is 420 g/mol. The van der Waals surface area contributed by atoms with Crippen molar-refractivity contribution in [2.45, 2.75) is 33.6 Å². The van der Waals surface area contributed by atoms with Crippen LogP contribution < -0.4 is 4.90 Å². The van der Waals surface area contributed by atoms with Crippen molar-refractivity contribution in [3.8, 4) is 11.4 Å². The molecule has 0 unspecified atom stereocenters. The van der Waals surface area contributed by atoms with Crippen LogP contribution in [0.25, 0.3) is 11.4 Å². The zero-order chi connectivity index (χ0) is 22.8. The van der Waals surface area contributed by atoms with Gasteiger partial charge in [-0.05, 0) is 44.0 Å². The molecular formula is C26H29ClN4O. The summed E-state index contributed by atoms with van der Waals surface area (Å²) in [6.45, 7) is 11.3. The van der Waals surface area contributed by atoms with Gasteiger partial charge in [0.05, 0.1) is 0 Å². The summed E-state index contributed by atoms with van der Waals surface area (Å²) in [7, 11) is 0. The minimum Gasteiger partial charge on any atom is -0.353 e. The molecule has 0 aliphatic carbocycles. The number of hydrogen-bond acceptors (Lipinski definition) is 4. The number of halogens is 1. The van der Waals surface area contributed by atoms with Gasteiger partial charge >= 0.3 is 0 Å². The van der Waals surface area contributed by atoms with Crippen LogP contribution in [0.5, 0.6) is 0 Å². The number of piperazine rings is 1. The van der Waals surface area contributed by atoms with Crippen molar-refractivity contribution in [2.24, 2.45) is 0 Å². The van der Waals surface area contributed by atoms with E-state index in [1.807, 2.05) is 23.1 Å². The predicted octanol–water partition coefficient (Wildman–Crippen LogP) is 5.50. The third kappa shape index (κ3) is 4.63. The first kappa shape index (κ1) is 22.3. The quantitative estimate of drug-likeness (QED) is 0.528. The predicted molar refractivity (Wildman–Crippen MR) is 131 cm³/mol. The summed E-state index contributed by atoms with van der Waals surface area (Å²) in [5.74, 6) is 2.07. The molecule has 0 saturated carbocycles. The van der Waals surface area contributed by atoms with Crippen LogP contribution >= 0.6 is 11.6 Å². The van der Waals surface area contributed by atoms with E-state index in [1.165, 1.54) is 11.1 Å². The number of nitrogens with zero attached hydrogens (tertiary/aromatic N) is 4. The van der Waals surface area contributed by atoms with Crippen molar-refractivity contribution in [2.75, 3.05) is 31.1 Å². The van der Waals surface area contributed by atoms with E-state index in [4.69, 9.17) is 21.6 Å². The summed E-state index contributed by atoms with van der Waals surface area (Å²) < 4.78 is 0. The van der Waals surface area contributed by atoms with Crippen molar-refractivity contribution < 1.29 is 4.79 Å². The number of aromatic nitrogens is 2. The molecule has 0 radical (unpaired) electrons. The van der Waals surface area contributed by atoms with E-state index in [0.29, 0.717) is 29.6 Å². The van der Waals surface area contributed by atoms with E-state index in [9.17, 15) is 4.79 Å². The minimum absolute atomic E-state index is 0.0237. The van der Waals surface area contributed by atoms with Gasteiger partial charge in [0, 0.05) is 53.6 Å². The van der Waals surface area contributed by atoms with Crippen LogP contribution in [0, 0.1) is 13.8 Å². The Kier molecular flexibility index (Phi) is 6.47. The Balaban J connectivity index is 1.60. The fourth-order valence-corrected chi connectivity index (χ4v) is 4.51. The van der Waals surface area contributed by atoms with E-state index in [1.54, 1.807) is 12.1 Å². The minimum atomic E-state index is 0.0237. The van der Waals surface area contributed by atoms with E-state index in [0.717, 1.165) is 36.0 Å². The highest BCUT2D eigenvalue weighted by atomic mass is 35.5. The number of carbonyl (C=O) groups excluding carboxylic acids is 1. The molecule has 0 spiro atoms. The monoisotopic (exact) mass is 448 g/mol. The van der Waals surface area contributed by atoms with Gasteiger partial charge in [0.25, 0.3) is 5.91 Å². The fraction of sp³-hybridized carbons (Fsp3) is 0.346. The SMILES string of the molecule is Cc1cccc(-c2nc(C)c(C(C)C)c(N3CCN(C(=O)c4cccc(Cl)c4)CC3)n2)c1. The zero-order valence-electron chi connectivity index (χ0n) is 19.1. The first-order valence-electron chi connectivity index (χ1n) is 11.1. The highest BCUT2D eigenvalue weighted by Crippen LogP contribution is 2.31. The molecule has 5 nitrogen and oxygen atoms in total. The molecule has 1 amide bonds. The first-order chi connectivity index (χ1) is 15.3. The largest absolute Gasteiger partial charge is 0.353 e. The maximum atomic E-state index is 12.9. The maximum Gasteiger partial charge on any atom is 0.254 e. The van der Waals surface area contributed by atoms with Crippen LogP contribution in [0.1, 0.15) is 46.9 Å². The summed E-state index contributed by atoms with van der Waals surface area (Å²) in [4.78, 5) is 27.0. The third-order valence-electron chi connectivity index (χ3n) is 5.91. The number of benzene rings is 2. The molecule has 4 rings (SSSR count). The maximum absolute atomic E-state index is 12.9. The van der Waals surface area contributed by atoms with Crippen LogP contribution in [0.3, 0.4) is 0 Å². The van der Waals surface area contributed by atoms with Crippen LogP contribution in [-0.2, 0) is 0 Å². The second-order valence-electron chi connectivity index (χ2n) is 8.68. The lowest BCUT2D eigenvalue weighted by atomic mass is 10.0. The van der Waals surface area contributed by atoms with E-state index in [2.05, 4.69) is 50.8 Å². The lowest BCUT2D eigenvalue weighted by molar-refractivity contribution is 0.0746. The highest BCUT2D eigenvalue weighted by molar-refractivity contribution is 6.30. The summed E-state index contributed by atoms with van der Waals surface area (Å²) >= 11 is 6.07. The van der Waals surface area contributed by atoms with E-state index >= 15 is 0 Å². The smallest absolute Gasteiger partial charge is 0.254 e. The van der Waals surface area contributed by atoms with Crippen LogP contribution in [0.2, 0.25) is 5.02 Å². The average molecular weight is 449 g/mol. The van der Waals surface area contributed by atoms with Gasteiger partial charge in [-0.3, -0.25) is 4.79 Å². The number of amides is 1. The van der Waals surface area contributed by atoms with Gasteiger partial charge in [0.1, 0.15) is 5.82 Å². The molecule has 32 heavy (non-hydrogen) atoms. The second kappa shape index (κ2) is 9.29. The molecule has 6 heteroatoms. The molecule has 0 N–H and O–H groups in total. The topological polar surface area (TPSA) is 49.3 Å². The molecule has 2 heterocycles. The molecule has 0 bridgehead atoms. The molecule has 3 aromatic rings. The van der Waals surface area contributed by atoms with Crippen molar-refractivity contribution in [1.82, 2.24) is 14.9 Å². The Labute approximate surface area is 195 Å². The van der Waals surface area contributed by atoms with Gasteiger partial charge < -0.3 is 9.80 Å². The molecule has 1 saturated heterocycles. The van der Waals surface area contributed by atoms with Crippen LogP contribution in [0.4, 0.5) is 5.82 Å². The standard InChI is InChI=1S/C26H29ClN4O/c1-17(2)23-19(4)28-24(20-8-5-7-18(3)15-20)29-25(23)30-11-13-31(14-12-30)26(32)21-9-6-10-22(27)16-21/h5-10,15-17H,11-14H2,1-4H3. The van der Waals surface area contributed by atoms with Gasteiger partial charge in [0.2, 0.25) is 0 Å². The first-order valence-corrected chi connectivity index (χ1v) is 11.5. The Morgan fingerprint density at radius 2 is 1.69 bits per heavy atom. The zero-order valence-corrected chi connectivity index (χ0v) is 19.9. The van der Waals surface area contributed by atoms with Crippen molar-refractivity contribution in [3.63, 3.8) is 0 Å². The van der Waals surface area contributed by atoms with E-state index < -0.39 is 0 Å². The number of aryl methyl sites for hydroxylation is 2. The van der Waals surface area contributed by atoms with E-state index in [-0.39, 0.29) is 5.91 Å². The lowest BCUT2D eigenvalue weighted by Crippen LogP contribution is -2.49. The highest BCUT2D eigenvalue weighted by Gasteiger charge is 2.26. The summed E-state index contributed by atoms with van der Waals surface area (Å²) in [5.41, 5.74) is 5.04. The van der Waals surface area contributed by atoms with Gasteiger partial charge in [0.15, 0.2) is 5.82 Å². The fourth-order valence-electron chi connectivity index (χ4n) is 4.32. The Morgan fingerprint density at radius 1 is 0.969 bits per heavy atom. The van der Waals surface area contributed by atoms with Crippen molar-refractivity contribution >= 4 is 23.3 Å². The Morgan fingerprint density at radius 3 is 2.34 bits per heavy atom. The lowest BCUT2D eigenvalue weighted by Gasteiger charge is -2.37. The van der Waals surface area contributed by atoms with Gasteiger partial charge in [-0.25, -0.2) is 9.97 Å².